The Kier molecular flexibility index (Phi) is 6.25. The first-order chi connectivity index (χ1) is 12.7. The molecule has 0 aliphatic carbocycles. The van der Waals surface area contributed by atoms with Crippen LogP contribution < -0.4 is 0 Å². The molecule has 0 heterocycles. The monoisotopic (exact) mass is 454 g/mol. The molecule has 0 bridgehead atoms. The third kappa shape index (κ3) is 4.37. The zero-order valence-electron chi connectivity index (χ0n) is 13.2. The summed E-state index contributed by atoms with van der Waals surface area (Å²) >= 11 is 0. The highest BCUT2D eigenvalue weighted by molar-refractivity contribution is 8.76. The summed E-state index contributed by atoms with van der Waals surface area (Å²) in [6.45, 7) is 0. The smallest absolute Gasteiger partial charge is 0.191 e. The van der Waals surface area contributed by atoms with Crippen molar-refractivity contribution in [1.82, 2.24) is 0 Å². The summed E-state index contributed by atoms with van der Waals surface area (Å²) in [6.07, 6.45) is -11.8. The van der Waals surface area contributed by atoms with Crippen molar-refractivity contribution in [2.75, 3.05) is 0 Å². The van der Waals surface area contributed by atoms with Crippen molar-refractivity contribution in [3.63, 3.8) is 0 Å². The molecule has 0 spiro atoms. The van der Waals surface area contributed by atoms with Crippen LogP contribution >= 0.6 is 21.6 Å². The van der Waals surface area contributed by atoms with Crippen molar-refractivity contribution in [3.05, 3.63) is 59.7 Å². The van der Waals surface area contributed by atoms with Gasteiger partial charge in [0.05, 0.1) is 0 Å². The molecule has 154 valence electrons. The van der Waals surface area contributed by atoms with Crippen molar-refractivity contribution in [3.8, 4) is 0 Å². The van der Waals surface area contributed by atoms with Crippen molar-refractivity contribution < 1.29 is 43.9 Å². The molecule has 0 N–H and O–H groups in total. The Hall–Kier alpha value is -1.56. The van der Waals surface area contributed by atoms with Gasteiger partial charge in [-0.15, -0.1) is 0 Å². The highest BCUT2D eigenvalue weighted by atomic mass is 33.1. The summed E-state index contributed by atoms with van der Waals surface area (Å²) in [4.78, 5) is -1.25. The average molecular weight is 454 g/mol. The van der Waals surface area contributed by atoms with E-state index in [1.807, 2.05) is 0 Å². The van der Waals surface area contributed by atoms with Crippen LogP contribution in [0.1, 0.15) is 11.1 Å². The van der Waals surface area contributed by atoms with Crippen LogP contribution in [-0.2, 0) is 11.8 Å². The maximum atomic E-state index is 13.7. The number of halogens is 10. The standard InChI is InChI=1S/C16H8F10S2/c17-13(18,15(21,22)23)9-5-1-3-7-11(9)27-28-12-8-4-2-6-10(12)14(19,20)16(24,25)26/h1-8H. The minimum atomic E-state index is -5.91. The maximum absolute atomic E-state index is 13.7. The third-order valence-electron chi connectivity index (χ3n) is 3.38. The van der Waals surface area contributed by atoms with Crippen LogP contribution in [0, 0.1) is 0 Å². The second-order valence-electron chi connectivity index (χ2n) is 5.30. The molecule has 0 unspecified atom stereocenters. The summed E-state index contributed by atoms with van der Waals surface area (Å²) < 4.78 is 130. The average Bonchev–Trinajstić information content (AvgIpc) is 2.58. The first-order valence-electron chi connectivity index (χ1n) is 7.12. The van der Waals surface area contributed by atoms with Gasteiger partial charge in [0.15, 0.2) is 0 Å². The molecule has 0 atom stereocenters. The SMILES string of the molecule is FC(F)(F)C(F)(F)c1ccccc1SSc1ccccc1C(F)(F)C(F)(F)F. The van der Waals surface area contributed by atoms with Crippen LogP contribution in [0.3, 0.4) is 0 Å². The van der Waals surface area contributed by atoms with Gasteiger partial charge in [-0.1, -0.05) is 58.0 Å². The normalized spacial score (nSPS) is 13.6. The van der Waals surface area contributed by atoms with E-state index in [2.05, 4.69) is 0 Å². The van der Waals surface area contributed by atoms with E-state index in [4.69, 9.17) is 0 Å². The molecule has 2 aromatic carbocycles. The Bertz CT molecular complexity index is 757. The van der Waals surface area contributed by atoms with Gasteiger partial charge in [0, 0.05) is 20.9 Å². The predicted molar refractivity (Wildman–Crippen MR) is 84.5 cm³/mol. The van der Waals surface area contributed by atoms with Crippen LogP contribution in [0.15, 0.2) is 58.3 Å². The lowest BCUT2D eigenvalue weighted by Crippen LogP contribution is -2.34. The topological polar surface area (TPSA) is 0 Å². The number of hydrogen-bond acceptors (Lipinski definition) is 2. The Morgan fingerprint density at radius 1 is 0.464 bits per heavy atom. The highest BCUT2D eigenvalue weighted by Gasteiger charge is 2.60. The Balaban J connectivity index is 2.38. The summed E-state index contributed by atoms with van der Waals surface area (Å²) in [5.41, 5.74) is -2.86. The molecule has 0 saturated heterocycles. The zero-order valence-corrected chi connectivity index (χ0v) is 14.8. The van der Waals surface area contributed by atoms with E-state index in [1.54, 1.807) is 0 Å². The number of rotatable bonds is 5. The molecule has 2 rings (SSSR count). The van der Waals surface area contributed by atoms with E-state index >= 15 is 0 Å². The van der Waals surface area contributed by atoms with Crippen LogP contribution in [0.5, 0.6) is 0 Å². The van der Waals surface area contributed by atoms with Gasteiger partial charge in [0.25, 0.3) is 0 Å². The molecule has 0 aromatic heterocycles. The Morgan fingerprint density at radius 2 is 0.750 bits per heavy atom. The molecule has 0 amide bonds. The third-order valence-corrected chi connectivity index (χ3v) is 5.87. The largest absolute Gasteiger partial charge is 0.458 e. The van der Waals surface area contributed by atoms with Gasteiger partial charge in [-0.3, -0.25) is 0 Å². The van der Waals surface area contributed by atoms with Gasteiger partial charge in [-0.25, -0.2) is 0 Å². The lowest BCUT2D eigenvalue weighted by molar-refractivity contribution is -0.290. The first kappa shape index (κ1) is 22.7. The van der Waals surface area contributed by atoms with Gasteiger partial charge in [-0.05, 0) is 12.1 Å². The number of benzene rings is 2. The fourth-order valence-electron chi connectivity index (χ4n) is 1.99. The van der Waals surface area contributed by atoms with Crippen molar-refractivity contribution >= 4 is 21.6 Å². The quantitative estimate of drug-likeness (QED) is 0.334. The number of hydrogen-bond donors (Lipinski definition) is 0. The molecule has 12 heteroatoms. The van der Waals surface area contributed by atoms with Gasteiger partial charge in [-0.2, -0.15) is 43.9 Å². The molecule has 0 fully saturated rings. The van der Waals surface area contributed by atoms with Crippen LogP contribution in [0.25, 0.3) is 0 Å². The zero-order chi connectivity index (χ0) is 21.4. The van der Waals surface area contributed by atoms with E-state index < -0.39 is 45.1 Å². The lowest BCUT2D eigenvalue weighted by Gasteiger charge is -2.23. The second kappa shape index (κ2) is 7.69. The molecule has 0 aliphatic heterocycles. The minimum absolute atomic E-state index is 0.220. The minimum Gasteiger partial charge on any atom is -0.191 e. The fraction of sp³-hybridized carbons (Fsp3) is 0.250. The summed E-state index contributed by atoms with van der Waals surface area (Å²) in [5.74, 6) is -10.5. The van der Waals surface area contributed by atoms with E-state index in [0.29, 0.717) is 12.1 Å². The molecule has 0 aliphatic rings. The van der Waals surface area contributed by atoms with E-state index in [-0.39, 0.29) is 21.6 Å². The number of alkyl halides is 10. The van der Waals surface area contributed by atoms with Crippen molar-refractivity contribution in [2.24, 2.45) is 0 Å². The molecular weight excluding hydrogens is 446 g/mol. The Labute approximate surface area is 159 Å². The van der Waals surface area contributed by atoms with E-state index in [0.717, 1.165) is 36.4 Å². The lowest BCUT2D eigenvalue weighted by atomic mass is 10.1. The van der Waals surface area contributed by atoms with Crippen molar-refractivity contribution in [1.29, 1.82) is 0 Å². The highest BCUT2D eigenvalue weighted by Crippen LogP contribution is 2.52. The molecule has 0 saturated carbocycles. The van der Waals surface area contributed by atoms with Crippen LogP contribution in [0.4, 0.5) is 43.9 Å². The molecule has 2 aromatic rings. The second-order valence-corrected chi connectivity index (χ2v) is 7.52. The van der Waals surface area contributed by atoms with E-state index in [1.165, 1.54) is 0 Å². The molecule has 0 radical (unpaired) electrons. The van der Waals surface area contributed by atoms with E-state index in [9.17, 15) is 43.9 Å². The summed E-state index contributed by atoms with van der Waals surface area (Å²) in [5, 5.41) is 0. The van der Waals surface area contributed by atoms with Gasteiger partial charge >= 0.3 is 24.2 Å². The maximum Gasteiger partial charge on any atom is 0.458 e. The van der Waals surface area contributed by atoms with Gasteiger partial charge < -0.3 is 0 Å². The van der Waals surface area contributed by atoms with Crippen molar-refractivity contribution in [2.45, 2.75) is 34.0 Å². The van der Waals surface area contributed by atoms with Crippen LogP contribution in [0.2, 0.25) is 0 Å². The predicted octanol–water partition coefficient (Wildman–Crippen LogP) is 7.79. The Morgan fingerprint density at radius 3 is 1.04 bits per heavy atom. The molecule has 0 nitrogen and oxygen atoms in total. The summed E-state index contributed by atoms with van der Waals surface area (Å²) in [7, 11) is 0.440. The molecular formula is C16H8F10S2. The fourth-order valence-corrected chi connectivity index (χ4v) is 4.42. The summed E-state index contributed by atoms with van der Waals surface area (Å²) in [6, 6.07) is 6.91. The first-order valence-corrected chi connectivity index (χ1v) is 9.27. The van der Waals surface area contributed by atoms with Gasteiger partial charge in [0.2, 0.25) is 0 Å². The van der Waals surface area contributed by atoms with Gasteiger partial charge in [0.1, 0.15) is 0 Å². The molecule has 28 heavy (non-hydrogen) atoms. The van der Waals surface area contributed by atoms with Crippen LogP contribution in [-0.4, -0.2) is 12.4 Å².